The summed E-state index contributed by atoms with van der Waals surface area (Å²) in [5, 5.41) is 1.02. The third kappa shape index (κ3) is 1.09. The van der Waals surface area contributed by atoms with Crippen LogP contribution in [-0.2, 0) is 0 Å². The summed E-state index contributed by atoms with van der Waals surface area (Å²) in [6.07, 6.45) is 0. The number of hydrogen-bond acceptors (Lipinski definition) is 3. The molecule has 0 amide bonds. The summed E-state index contributed by atoms with van der Waals surface area (Å²) in [6.45, 7) is 0. The molecule has 0 aliphatic carbocycles. The SMILES string of the molecule is Nc1nc2ccccc2c2nc3ccccc3n12. The number of rotatable bonds is 0. The summed E-state index contributed by atoms with van der Waals surface area (Å²) in [4.78, 5) is 9.07. The zero-order chi connectivity index (χ0) is 12.1. The highest BCUT2D eigenvalue weighted by Crippen LogP contribution is 2.24. The van der Waals surface area contributed by atoms with Crippen molar-refractivity contribution in [2.75, 3.05) is 5.73 Å². The van der Waals surface area contributed by atoms with Crippen molar-refractivity contribution in [3.05, 3.63) is 48.5 Å². The molecule has 0 saturated carbocycles. The molecule has 4 heteroatoms. The number of benzene rings is 2. The molecule has 0 spiro atoms. The fourth-order valence-electron chi connectivity index (χ4n) is 2.37. The summed E-state index contributed by atoms with van der Waals surface area (Å²) in [5.74, 6) is 0.470. The highest BCUT2D eigenvalue weighted by Gasteiger charge is 2.10. The number of fused-ring (bicyclic) bond motifs is 5. The predicted octanol–water partition coefficient (Wildman–Crippen LogP) is 2.62. The Bertz CT molecular complexity index is 892. The molecule has 86 valence electrons. The van der Waals surface area contributed by atoms with E-state index in [4.69, 9.17) is 5.73 Å². The van der Waals surface area contributed by atoms with Gasteiger partial charge >= 0.3 is 0 Å². The molecule has 0 atom stereocenters. The summed E-state index contributed by atoms with van der Waals surface area (Å²) < 4.78 is 1.90. The number of nitrogens with zero attached hydrogens (tertiary/aromatic N) is 3. The minimum atomic E-state index is 0.470. The summed E-state index contributed by atoms with van der Waals surface area (Å²) in [5.41, 5.74) is 9.70. The van der Waals surface area contributed by atoms with Gasteiger partial charge in [0.1, 0.15) is 5.65 Å². The lowest BCUT2D eigenvalue weighted by Gasteiger charge is -2.03. The fraction of sp³-hybridized carbons (Fsp3) is 0. The van der Waals surface area contributed by atoms with Crippen molar-refractivity contribution in [1.29, 1.82) is 0 Å². The minimum absolute atomic E-state index is 0.470. The highest BCUT2D eigenvalue weighted by atomic mass is 15.1. The molecule has 0 aliphatic heterocycles. The number of hydrogen-bond donors (Lipinski definition) is 1. The van der Waals surface area contributed by atoms with Gasteiger partial charge in [-0.1, -0.05) is 24.3 Å². The molecule has 18 heavy (non-hydrogen) atoms. The average molecular weight is 234 g/mol. The van der Waals surface area contributed by atoms with Crippen molar-refractivity contribution in [1.82, 2.24) is 14.4 Å². The Balaban J connectivity index is 2.38. The smallest absolute Gasteiger partial charge is 0.207 e. The molecule has 2 aromatic carbocycles. The van der Waals surface area contributed by atoms with Crippen LogP contribution in [0.2, 0.25) is 0 Å². The van der Waals surface area contributed by atoms with Gasteiger partial charge in [-0.25, -0.2) is 9.97 Å². The lowest BCUT2D eigenvalue weighted by Crippen LogP contribution is -2.00. The van der Waals surface area contributed by atoms with Crippen LogP contribution < -0.4 is 5.73 Å². The first-order valence-corrected chi connectivity index (χ1v) is 5.76. The van der Waals surface area contributed by atoms with E-state index in [9.17, 15) is 0 Å². The Kier molecular flexibility index (Phi) is 1.67. The third-order valence-electron chi connectivity index (χ3n) is 3.17. The van der Waals surface area contributed by atoms with E-state index < -0.39 is 0 Å². The summed E-state index contributed by atoms with van der Waals surface area (Å²) in [7, 11) is 0. The zero-order valence-electron chi connectivity index (χ0n) is 9.54. The van der Waals surface area contributed by atoms with Crippen LogP contribution >= 0.6 is 0 Å². The molecule has 2 N–H and O–H groups in total. The molecule has 0 unspecified atom stereocenters. The van der Waals surface area contributed by atoms with Crippen molar-refractivity contribution in [2.45, 2.75) is 0 Å². The number of nitrogens with two attached hydrogens (primary N) is 1. The van der Waals surface area contributed by atoms with Gasteiger partial charge in [0.25, 0.3) is 0 Å². The van der Waals surface area contributed by atoms with E-state index in [2.05, 4.69) is 9.97 Å². The van der Waals surface area contributed by atoms with Gasteiger partial charge in [0.15, 0.2) is 0 Å². The zero-order valence-corrected chi connectivity index (χ0v) is 9.54. The van der Waals surface area contributed by atoms with Crippen LogP contribution in [0.3, 0.4) is 0 Å². The van der Waals surface area contributed by atoms with Gasteiger partial charge in [-0.05, 0) is 24.3 Å². The summed E-state index contributed by atoms with van der Waals surface area (Å²) >= 11 is 0. The molecule has 4 aromatic rings. The van der Waals surface area contributed by atoms with Crippen LogP contribution in [0.25, 0.3) is 27.6 Å². The number of para-hydroxylation sites is 3. The molecular formula is C14H10N4. The van der Waals surface area contributed by atoms with E-state index in [1.165, 1.54) is 0 Å². The van der Waals surface area contributed by atoms with E-state index in [-0.39, 0.29) is 0 Å². The van der Waals surface area contributed by atoms with Gasteiger partial charge in [0, 0.05) is 5.39 Å². The third-order valence-corrected chi connectivity index (χ3v) is 3.17. The summed E-state index contributed by atoms with van der Waals surface area (Å²) in [6, 6.07) is 15.8. The number of imidazole rings is 1. The first-order valence-electron chi connectivity index (χ1n) is 5.76. The van der Waals surface area contributed by atoms with Gasteiger partial charge in [-0.15, -0.1) is 0 Å². The van der Waals surface area contributed by atoms with E-state index >= 15 is 0 Å². The Morgan fingerprint density at radius 2 is 1.56 bits per heavy atom. The maximum absolute atomic E-state index is 6.04. The average Bonchev–Trinajstić information content (AvgIpc) is 2.79. The Hall–Kier alpha value is -2.62. The second-order valence-corrected chi connectivity index (χ2v) is 4.25. The molecule has 0 saturated heterocycles. The Morgan fingerprint density at radius 1 is 0.833 bits per heavy atom. The van der Waals surface area contributed by atoms with Crippen molar-refractivity contribution >= 4 is 33.5 Å². The molecule has 2 aromatic heterocycles. The first-order chi connectivity index (χ1) is 8.84. The molecule has 0 fully saturated rings. The lowest BCUT2D eigenvalue weighted by molar-refractivity contribution is 1.17. The molecule has 4 rings (SSSR count). The van der Waals surface area contributed by atoms with Gasteiger partial charge in [0.2, 0.25) is 5.95 Å². The fourth-order valence-corrected chi connectivity index (χ4v) is 2.37. The molecule has 4 nitrogen and oxygen atoms in total. The first kappa shape index (κ1) is 9.41. The van der Waals surface area contributed by atoms with Crippen LogP contribution in [0.15, 0.2) is 48.5 Å². The van der Waals surface area contributed by atoms with E-state index in [1.54, 1.807) is 0 Å². The number of anilines is 1. The van der Waals surface area contributed by atoms with E-state index in [0.717, 1.165) is 27.6 Å². The van der Waals surface area contributed by atoms with Crippen LogP contribution in [0.5, 0.6) is 0 Å². The maximum Gasteiger partial charge on any atom is 0.207 e. The monoisotopic (exact) mass is 234 g/mol. The Morgan fingerprint density at radius 3 is 2.44 bits per heavy atom. The van der Waals surface area contributed by atoms with Crippen LogP contribution in [0.1, 0.15) is 0 Å². The van der Waals surface area contributed by atoms with Gasteiger partial charge in [0.05, 0.1) is 16.6 Å². The Labute approximate surface area is 103 Å². The van der Waals surface area contributed by atoms with E-state index in [1.807, 2.05) is 52.9 Å². The largest absolute Gasteiger partial charge is 0.369 e. The van der Waals surface area contributed by atoms with Crippen LogP contribution in [0.4, 0.5) is 5.95 Å². The normalized spacial score (nSPS) is 11.6. The van der Waals surface area contributed by atoms with Crippen LogP contribution in [-0.4, -0.2) is 14.4 Å². The molecule has 0 aliphatic rings. The van der Waals surface area contributed by atoms with E-state index in [0.29, 0.717) is 5.95 Å². The highest BCUT2D eigenvalue weighted by molar-refractivity contribution is 5.97. The van der Waals surface area contributed by atoms with Crippen molar-refractivity contribution < 1.29 is 0 Å². The molecule has 0 bridgehead atoms. The predicted molar refractivity (Wildman–Crippen MR) is 72.4 cm³/mol. The van der Waals surface area contributed by atoms with Gasteiger partial charge < -0.3 is 5.73 Å². The van der Waals surface area contributed by atoms with Gasteiger partial charge in [-0.2, -0.15) is 0 Å². The lowest BCUT2D eigenvalue weighted by atomic mass is 10.2. The molecule has 0 radical (unpaired) electrons. The minimum Gasteiger partial charge on any atom is -0.369 e. The quantitative estimate of drug-likeness (QED) is 0.509. The van der Waals surface area contributed by atoms with Gasteiger partial charge in [-0.3, -0.25) is 4.40 Å². The molecular weight excluding hydrogens is 224 g/mol. The second kappa shape index (κ2) is 3.20. The van der Waals surface area contributed by atoms with Crippen molar-refractivity contribution in [3.63, 3.8) is 0 Å². The second-order valence-electron chi connectivity index (χ2n) is 4.25. The number of aromatic nitrogens is 3. The van der Waals surface area contributed by atoms with Crippen molar-refractivity contribution in [2.24, 2.45) is 0 Å². The maximum atomic E-state index is 6.04. The molecule has 2 heterocycles. The van der Waals surface area contributed by atoms with Crippen LogP contribution in [0, 0.1) is 0 Å². The topological polar surface area (TPSA) is 56.2 Å². The van der Waals surface area contributed by atoms with Crippen molar-refractivity contribution in [3.8, 4) is 0 Å². The number of nitrogen functional groups attached to an aromatic ring is 1. The standard InChI is InChI=1S/C14H10N4/c15-14-17-10-6-2-1-5-9(10)13-16-11-7-3-4-8-12(11)18(13)14/h1-8H,(H2,15,17).